The van der Waals surface area contributed by atoms with E-state index in [1.54, 1.807) is 0 Å². The Bertz CT molecular complexity index is 199. The fraction of sp³-hybridized carbons (Fsp3) is 1.00. The summed E-state index contributed by atoms with van der Waals surface area (Å²) >= 11 is 0. The lowest BCUT2D eigenvalue weighted by Gasteiger charge is -2.42. The normalized spacial score (nSPS) is 21.9. The minimum absolute atomic E-state index is 0.561. The second-order valence-corrected chi connectivity index (χ2v) is 5.18. The zero-order valence-electron chi connectivity index (χ0n) is 10.6. The van der Waals surface area contributed by atoms with Crippen molar-refractivity contribution in [3.63, 3.8) is 0 Å². The quantitative estimate of drug-likeness (QED) is 0.785. The summed E-state index contributed by atoms with van der Waals surface area (Å²) in [6.45, 7) is 9.44. The van der Waals surface area contributed by atoms with Crippen molar-refractivity contribution in [2.75, 3.05) is 26.2 Å². The van der Waals surface area contributed by atoms with Crippen LogP contribution in [0.3, 0.4) is 0 Å². The third kappa shape index (κ3) is 3.39. The van der Waals surface area contributed by atoms with Crippen molar-refractivity contribution in [1.82, 2.24) is 10.2 Å². The molecule has 1 aliphatic rings. The number of halogens is 2. The number of piperidine rings is 1. The van der Waals surface area contributed by atoms with Crippen LogP contribution >= 0.6 is 0 Å². The van der Waals surface area contributed by atoms with E-state index in [0.29, 0.717) is 25.3 Å². The monoisotopic (exact) mass is 234 g/mol. The van der Waals surface area contributed by atoms with Crippen LogP contribution in [0.2, 0.25) is 0 Å². The first-order valence-corrected chi connectivity index (χ1v) is 6.25. The lowest BCUT2D eigenvalue weighted by molar-refractivity contribution is -0.0117. The van der Waals surface area contributed by atoms with Gasteiger partial charge in [0.2, 0.25) is 0 Å². The fourth-order valence-electron chi connectivity index (χ4n) is 2.48. The minimum atomic E-state index is -2.26. The number of nitrogens with zero attached hydrogens (tertiary/aromatic N) is 1. The standard InChI is InChI=1S/C12H24F2N2/c1-4-15-12(11(13)14)5-7-16(8-6-12)9-10(2)3/h10-11,15H,4-9H2,1-3H3. The van der Waals surface area contributed by atoms with Crippen LogP contribution in [-0.2, 0) is 0 Å². The highest BCUT2D eigenvalue weighted by atomic mass is 19.3. The van der Waals surface area contributed by atoms with E-state index in [4.69, 9.17) is 0 Å². The largest absolute Gasteiger partial charge is 0.307 e. The second-order valence-electron chi connectivity index (χ2n) is 5.18. The molecular formula is C12H24F2N2. The van der Waals surface area contributed by atoms with Crippen LogP contribution in [0.5, 0.6) is 0 Å². The van der Waals surface area contributed by atoms with Gasteiger partial charge in [0.1, 0.15) is 0 Å². The molecule has 96 valence electrons. The molecule has 0 bridgehead atoms. The van der Waals surface area contributed by atoms with Crippen molar-refractivity contribution >= 4 is 0 Å². The number of alkyl halides is 2. The van der Waals surface area contributed by atoms with E-state index in [1.807, 2.05) is 6.92 Å². The first kappa shape index (κ1) is 13.8. The average molecular weight is 234 g/mol. The van der Waals surface area contributed by atoms with Crippen molar-refractivity contribution in [2.45, 2.75) is 45.6 Å². The number of nitrogens with one attached hydrogen (secondary N) is 1. The van der Waals surface area contributed by atoms with Crippen LogP contribution in [-0.4, -0.2) is 43.0 Å². The van der Waals surface area contributed by atoms with Crippen LogP contribution < -0.4 is 5.32 Å². The van der Waals surface area contributed by atoms with Gasteiger partial charge < -0.3 is 10.2 Å². The number of hydrogen-bond donors (Lipinski definition) is 1. The summed E-state index contributed by atoms with van der Waals surface area (Å²) in [4.78, 5) is 2.29. The van der Waals surface area contributed by atoms with Crippen LogP contribution in [0, 0.1) is 5.92 Å². The van der Waals surface area contributed by atoms with Crippen LogP contribution in [0.4, 0.5) is 8.78 Å². The van der Waals surface area contributed by atoms with E-state index in [2.05, 4.69) is 24.1 Å². The molecule has 0 aromatic carbocycles. The molecule has 0 aliphatic carbocycles. The van der Waals surface area contributed by atoms with Crippen molar-refractivity contribution in [3.8, 4) is 0 Å². The molecule has 0 unspecified atom stereocenters. The van der Waals surface area contributed by atoms with E-state index in [-0.39, 0.29) is 0 Å². The van der Waals surface area contributed by atoms with Gasteiger partial charge in [-0.15, -0.1) is 0 Å². The molecule has 0 radical (unpaired) electrons. The maximum absolute atomic E-state index is 13.1. The van der Waals surface area contributed by atoms with Gasteiger partial charge in [-0.3, -0.25) is 0 Å². The molecule has 1 rings (SSSR count). The fourth-order valence-corrected chi connectivity index (χ4v) is 2.48. The molecule has 1 saturated heterocycles. The summed E-state index contributed by atoms with van der Waals surface area (Å²) in [6.07, 6.45) is -1.13. The Balaban J connectivity index is 2.49. The lowest BCUT2D eigenvalue weighted by atomic mass is 9.87. The summed E-state index contributed by atoms with van der Waals surface area (Å²) in [5.41, 5.74) is -0.928. The molecule has 0 spiro atoms. The molecule has 1 N–H and O–H groups in total. The molecule has 2 nitrogen and oxygen atoms in total. The van der Waals surface area contributed by atoms with Crippen molar-refractivity contribution in [3.05, 3.63) is 0 Å². The van der Waals surface area contributed by atoms with E-state index >= 15 is 0 Å². The maximum atomic E-state index is 13.1. The molecule has 0 aromatic heterocycles. The molecule has 1 fully saturated rings. The molecule has 4 heteroatoms. The van der Waals surface area contributed by atoms with E-state index in [0.717, 1.165) is 19.6 Å². The first-order valence-electron chi connectivity index (χ1n) is 6.25. The highest BCUT2D eigenvalue weighted by Gasteiger charge is 2.41. The molecule has 1 heterocycles. The van der Waals surface area contributed by atoms with E-state index in [9.17, 15) is 8.78 Å². The summed E-state index contributed by atoms with van der Waals surface area (Å²) in [7, 11) is 0. The van der Waals surface area contributed by atoms with Crippen LogP contribution in [0.1, 0.15) is 33.6 Å². The lowest BCUT2D eigenvalue weighted by Crippen LogP contribution is -2.58. The smallest absolute Gasteiger partial charge is 0.256 e. The summed E-state index contributed by atoms with van der Waals surface area (Å²) in [6, 6.07) is 0. The van der Waals surface area contributed by atoms with Gasteiger partial charge in [0.15, 0.2) is 0 Å². The van der Waals surface area contributed by atoms with Crippen molar-refractivity contribution in [1.29, 1.82) is 0 Å². The summed E-state index contributed by atoms with van der Waals surface area (Å²) in [5, 5.41) is 2.99. The van der Waals surface area contributed by atoms with E-state index < -0.39 is 12.0 Å². The van der Waals surface area contributed by atoms with Gasteiger partial charge in [-0.1, -0.05) is 20.8 Å². The van der Waals surface area contributed by atoms with Crippen LogP contribution in [0.15, 0.2) is 0 Å². The Morgan fingerprint density at radius 2 is 1.81 bits per heavy atom. The molecular weight excluding hydrogens is 210 g/mol. The molecule has 1 aliphatic heterocycles. The second kappa shape index (κ2) is 5.92. The molecule has 0 atom stereocenters. The average Bonchev–Trinajstić information content (AvgIpc) is 2.20. The summed E-state index contributed by atoms with van der Waals surface area (Å²) < 4.78 is 26.1. The van der Waals surface area contributed by atoms with Crippen molar-refractivity contribution in [2.24, 2.45) is 5.92 Å². The zero-order chi connectivity index (χ0) is 12.2. The van der Waals surface area contributed by atoms with Gasteiger partial charge in [-0.05, 0) is 25.3 Å². The van der Waals surface area contributed by atoms with Gasteiger partial charge in [-0.2, -0.15) is 0 Å². The first-order chi connectivity index (χ1) is 7.50. The third-order valence-corrected chi connectivity index (χ3v) is 3.32. The Kier molecular flexibility index (Phi) is 5.12. The van der Waals surface area contributed by atoms with Gasteiger partial charge >= 0.3 is 0 Å². The highest BCUT2D eigenvalue weighted by molar-refractivity contribution is 4.95. The van der Waals surface area contributed by atoms with Gasteiger partial charge in [-0.25, -0.2) is 8.78 Å². The number of likely N-dealkylation sites (tertiary alicyclic amines) is 1. The molecule has 0 aromatic rings. The molecule has 16 heavy (non-hydrogen) atoms. The van der Waals surface area contributed by atoms with Crippen LogP contribution in [0.25, 0.3) is 0 Å². The third-order valence-electron chi connectivity index (χ3n) is 3.32. The zero-order valence-corrected chi connectivity index (χ0v) is 10.6. The SMILES string of the molecule is CCNC1(C(F)F)CCN(CC(C)C)CC1. The molecule has 0 saturated carbocycles. The Hall–Kier alpha value is -0.220. The number of hydrogen-bond acceptors (Lipinski definition) is 2. The highest BCUT2D eigenvalue weighted by Crippen LogP contribution is 2.29. The van der Waals surface area contributed by atoms with Gasteiger partial charge in [0, 0.05) is 19.6 Å². The van der Waals surface area contributed by atoms with Gasteiger partial charge in [0.05, 0.1) is 5.54 Å². The Morgan fingerprint density at radius 3 is 2.19 bits per heavy atom. The minimum Gasteiger partial charge on any atom is -0.307 e. The molecule has 0 amide bonds. The van der Waals surface area contributed by atoms with Crippen molar-refractivity contribution < 1.29 is 8.78 Å². The summed E-state index contributed by atoms with van der Waals surface area (Å²) in [5.74, 6) is 0.609. The maximum Gasteiger partial charge on any atom is 0.256 e. The Morgan fingerprint density at radius 1 is 1.25 bits per heavy atom. The predicted molar refractivity (Wildman–Crippen MR) is 62.9 cm³/mol. The predicted octanol–water partition coefficient (Wildman–Crippen LogP) is 2.35. The Labute approximate surface area is 97.4 Å². The number of rotatable bonds is 5. The van der Waals surface area contributed by atoms with Gasteiger partial charge in [0.25, 0.3) is 6.43 Å². The van der Waals surface area contributed by atoms with E-state index in [1.165, 1.54) is 0 Å². The topological polar surface area (TPSA) is 15.3 Å².